The summed E-state index contributed by atoms with van der Waals surface area (Å²) in [6, 6.07) is 4.91. The zero-order valence-corrected chi connectivity index (χ0v) is 20.7. The number of anilines is 1. The number of thiophene rings is 1. The molecule has 0 unspecified atom stereocenters. The van der Waals surface area contributed by atoms with Crippen molar-refractivity contribution >= 4 is 57.3 Å². The molecule has 1 heterocycles. The minimum atomic E-state index is -0.603. The van der Waals surface area contributed by atoms with E-state index in [0.29, 0.717) is 50.7 Å². The van der Waals surface area contributed by atoms with Crippen molar-refractivity contribution in [2.75, 3.05) is 32.1 Å². The van der Waals surface area contributed by atoms with Gasteiger partial charge in [-0.2, -0.15) is 0 Å². The summed E-state index contributed by atoms with van der Waals surface area (Å²) < 4.78 is 10.4. The van der Waals surface area contributed by atoms with Gasteiger partial charge in [0.1, 0.15) is 10.8 Å². The third kappa shape index (κ3) is 6.37. The molecule has 1 aromatic carbocycles. The second-order valence-electron chi connectivity index (χ2n) is 6.80. The van der Waals surface area contributed by atoms with Crippen LogP contribution in [-0.2, 0) is 9.53 Å². The van der Waals surface area contributed by atoms with Crippen molar-refractivity contribution in [2.24, 2.45) is 0 Å². The van der Waals surface area contributed by atoms with Crippen LogP contribution < -0.4 is 10.1 Å². The van der Waals surface area contributed by atoms with E-state index in [1.54, 1.807) is 30.0 Å². The van der Waals surface area contributed by atoms with E-state index in [1.807, 2.05) is 13.8 Å². The van der Waals surface area contributed by atoms with Gasteiger partial charge in [0, 0.05) is 24.5 Å². The number of esters is 1. The van der Waals surface area contributed by atoms with Crippen molar-refractivity contribution in [1.29, 1.82) is 0 Å². The van der Waals surface area contributed by atoms with Crippen LogP contribution in [0.4, 0.5) is 5.00 Å². The molecule has 0 bridgehead atoms. The largest absolute Gasteiger partial charge is 0.492 e. The Kier molecular flexibility index (Phi) is 9.81. The Labute approximate surface area is 201 Å². The second kappa shape index (κ2) is 12.1. The van der Waals surface area contributed by atoms with Gasteiger partial charge in [0.05, 0.1) is 29.2 Å². The van der Waals surface area contributed by atoms with E-state index >= 15 is 0 Å². The molecule has 0 spiro atoms. The summed E-state index contributed by atoms with van der Waals surface area (Å²) in [5, 5.41) is 3.95. The van der Waals surface area contributed by atoms with Crippen LogP contribution in [0.1, 0.15) is 52.3 Å². The van der Waals surface area contributed by atoms with E-state index in [-0.39, 0.29) is 30.4 Å². The van der Waals surface area contributed by atoms with Gasteiger partial charge in [-0.1, -0.05) is 23.2 Å². The number of methoxy groups -OCH3 is 1. The van der Waals surface area contributed by atoms with Gasteiger partial charge in [-0.25, -0.2) is 4.79 Å². The van der Waals surface area contributed by atoms with Crippen LogP contribution >= 0.6 is 34.5 Å². The molecule has 2 amide bonds. The first-order chi connectivity index (χ1) is 15.2. The quantitative estimate of drug-likeness (QED) is 0.347. The van der Waals surface area contributed by atoms with E-state index < -0.39 is 5.97 Å². The zero-order chi connectivity index (χ0) is 23.8. The fraction of sp³-hybridized carbons (Fsp3) is 0.409. The lowest BCUT2D eigenvalue weighted by Gasteiger charge is -2.17. The number of hydrogen-bond donors (Lipinski definition) is 1. The van der Waals surface area contributed by atoms with Crippen LogP contribution in [0.5, 0.6) is 5.75 Å². The topological polar surface area (TPSA) is 84.9 Å². The smallest absolute Gasteiger partial charge is 0.341 e. The van der Waals surface area contributed by atoms with E-state index in [1.165, 1.54) is 7.11 Å². The molecule has 0 saturated heterocycles. The molecule has 2 rings (SSSR count). The number of ether oxygens (including phenoxy) is 2. The lowest BCUT2D eigenvalue weighted by atomic mass is 10.1. The third-order valence-corrected chi connectivity index (χ3v) is 6.46. The Morgan fingerprint density at radius 2 is 1.84 bits per heavy atom. The minimum absolute atomic E-state index is 0.155. The molecule has 174 valence electrons. The van der Waals surface area contributed by atoms with Crippen molar-refractivity contribution in [1.82, 2.24) is 4.90 Å². The Morgan fingerprint density at radius 3 is 2.44 bits per heavy atom. The van der Waals surface area contributed by atoms with E-state index in [2.05, 4.69) is 5.32 Å². The van der Waals surface area contributed by atoms with Gasteiger partial charge in [-0.3, -0.25) is 9.59 Å². The average molecular weight is 501 g/mol. The maximum absolute atomic E-state index is 12.8. The number of benzene rings is 1. The molecular formula is C22H26Cl2N2O5S. The van der Waals surface area contributed by atoms with Crippen LogP contribution in [0.2, 0.25) is 10.0 Å². The number of rotatable bonds is 10. The molecule has 10 heteroatoms. The summed E-state index contributed by atoms with van der Waals surface area (Å²) in [6.45, 7) is 6.80. The van der Waals surface area contributed by atoms with Gasteiger partial charge < -0.3 is 19.7 Å². The number of halogens is 2. The van der Waals surface area contributed by atoms with Crippen LogP contribution in [0.3, 0.4) is 0 Å². The number of hydrogen-bond acceptors (Lipinski definition) is 6. The first-order valence-corrected chi connectivity index (χ1v) is 11.7. The summed E-state index contributed by atoms with van der Waals surface area (Å²) >= 11 is 13.0. The first kappa shape index (κ1) is 26.0. The Hall–Kier alpha value is -2.29. The Balaban J connectivity index is 2.06. The number of nitrogens with one attached hydrogen (secondary N) is 1. The fourth-order valence-corrected chi connectivity index (χ4v) is 4.65. The van der Waals surface area contributed by atoms with Gasteiger partial charge in [0.2, 0.25) is 5.91 Å². The van der Waals surface area contributed by atoms with E-state index in [0.717, 1.165) is 11.3 Å². The highest BCUT2D eigenvalue weighted by atomic mass is 35.5. The molecule has 2 aromatic rings. The number of nitrogens with zero attached hydrogens (tertiary/aromatic N) is 1. The zero-order valence-electron chi connectivity index (χ0n) is 18.4. The molecule has 0 radical (unpaired) electrons. The summed E-state index contributed by atoms with van der Waals surface area (Å²) in [5.74, 6) is -0.605. The highest BCUT2D eigenvalue weighted by Gasteiger charge is 2.27. The lowest BCUT2D eigenvalue weighted by Crippen LogP contribution is -2.30. The predicted molar refractivity (Wildman–Crippen MR) is 127 cm³/mol. The molecule has 0 aliphatic heterocycles. The SMILES string of the molecule is CCN(CC)C(=O)c1sc(NC(=O)CCCOc2ccc(Cl)cc2Cl)c(C(=O)OC)c1C. The summed E-state index contributed by atoms with van der Waals surface area (Å²) in [6.07, 6.45) is 0.579. The molecule has 0 saturated carbocycles. The van der Waals surface area contributed by atoms with Crippen molar-refractivity contribution in [3.05, 3.63) is 44.2 Å². The summed E-state index contributed by atoms with van der Waals surface area (Å²) in [7, 11) is 1.26. The standard InChI is InChI=1S/C22H26Cl2N2O5S/c1-5-26(6-2)21(28)19-13(3)18(22(29)30-4)20(32-19)25-17(27)8-7-11-31-16-10-9-14(23)12-15(16)24/h9-10,12H,5-8,11H2,1-4H3,(H,25,27). The Morgan fingerprint density at radius 1 is 1.16 bits per heavy atom. The van der Waals surface area contributed by atoms with E-state index in [9.17, 15) is 14.4 Å². The normalized spacial score (nSPS) is 10.6. The molecule has 0 fully saturated rings. The van der Waals surface area contributed by atoms with Crippen LogP contribution in [-0.4, -0.2) is 49.5 Å². The number of amides is 2. The molecule has 0 aliphatic carbocycles. The predicted octanol–water partition coefficient (Wildman–Crippen LogP) is 5.43. The minimum Gasteiger partial charge on any atom is -0.492 e. The lowest BCUT2D eigenvalue weighted by molar-refractivity contribution is -0.116. The number of carbonyl (C=O) groups excluding carboxylic acids is 3. The van der Waals surface area contributed by atoms with Crippen LogP contribution in [0, 0.1) is 6.92 Å². The van der Waals surface area contributed by atoms with Gasteiger partial charge >= 0.3 is 5.97 Å². The molecular weight excluding hydrogens is 475 g/mol. The van der Waals surface area contributed by atoms with Gasteiger partial charge in [-0.05, 0) is 51.0 Å². The van der Waals surface area contributed by atoms with Crippen molar-refractivity contribution < 1.29 is 23.9 Å². The maximum Gasteiger partial charge on any atom is 0.341 e. The molecule has 0 atom stereocenters. The third-order valence-electron chi connectivity index (χ3n) is 4.73. The summed E-state index contributed by atoms with van der Waals surface area (Å²) in [5.41, 5.74) is 0.695. The van der Waals surface area contributed by atoms with Crippen molar-refractivity contribution in [2.45, 2.75) is 33.6 Å². The number of carbonyl (C=O) groups is 3. The Bertz CT molecular complexity index is 989. The summed E-state index contributed by atoms with van der Waals surface area (Å²) in [4.78, 5) is 39.7. The fourth-order valence-electron chi connectivity index (χ4n) is 3.00. The molecule has 1 N–H and O–H groups in total. The highest BCUT2D eigenvalue weighted by Crippen LogP contribution is 2.35. The van der Waals surface area contributed by atoms with Gasteiger partial charge in [0.15, 0.2) is 0 Å². The molecule has 1 aromatic heterocycles. The molecule has 0 aliphatic rings. The maximum atomic E-state index is 12.8. The van der Waals surface area contributed by atoms with Gasteiger partial charge in [0.25, 0.3) is 5.91 Å². The van der Waals surface area contributed by atoms with E-state index in [4.69, 9.17) is 32.7 Å². The van der Waals surface area contributed by atoms with Crippen LogP contribution in [0.15, 0.2) is 18.2 Å². The second-order valence-corrected chi connectivity index (χ2v) is 8.67. The monoisotopic (exact) mass is 500 g/mol. The molecule has 32 heavy (non-hydrogen) atoms. The average Bonchev–Trinajstić information content (AvgIpc) is 3.08. The van der Waals surface area contributed by atoms with Crippen molar-refractivity contribution in [3.8, 4) is 5.75 Å². The van der Waals surface area contributed by atoms with Gasteiger partial charge in [-0.15, -0.1) is 11.3 Å². The highest BCUT2D eigenvalue weighted by molar-refractivity contribution is 7.18. The van der Waals surface area contributed by atoms with Crippen LogP contribution in [0.25, 0.3) is 0 Å². The molecule has 7 nitrogen and oxygen atoms in total. The van der Waals surface area contributed by atoms with Crippen molar-refractivity contribution in [3.63, 3.8) is 0 Å². The first-order valence-electron chi connectivity index (χ1n) is 10.1.